The highest BCUT2D eigenvalue weighted by atomic mass is 35.5. The molecule has 0 aliphatic rings. The summed E-state index contributed by atoms with van der Waals surface area (Å²) in [5.74, 6) is 0.475. The average molecular weight is 225 g/mol. The topological polar surface area (TPSA) is 81.7 Å². The fourth-order valence-electron chi connectivity index (χ4n) is 1.10. The van der Waals surface area contributed by atoms with E-state index in [9.17, 15) is 0 Å². The van der Waals surface area contributed by atoms with E-state index in [-0.39, 0.29) is 5.15 Å². The summed E-state index contributed by atoms with van der Waals surface area (Å²) in [6, 6.07) is 0. The Morgan fingerprint density at radius 3 is 2.93 bits per heavy atom. The number of nitrogens with zero attached hydrogens (tertiary/aromatic N) is 4. The van der Waals surface area contributed by atoms with Crippen LogP contribution in [0.2, 0.25) is 5.15 Å². The Morgan fingerprint density at radius 2 is 2.27 bits per heavy atom. The minimum Gasteiger partial charge on any atom is -0.393 e. The van der Waals surface area contributed by atoms with Gasteiger partial charge in [-0.05, 0) is 0 Å². The van der Waals surface area contributed by atoms with E-state index in [4.69, 9.17) is 17.3 Å². The molecule has 0 radical (unpaired) electrons. The van der Waals surface area contributed by atoms with E-state index in [0.717, 1.165) is 5.69 Å². The van der Waals surface area contributed by atoms with Gasteiger partial charge in [-0.25, -0.2) is 9.97 Å². The largest absolute Gasteiger partial charge is 0.393 e. The lowest BCUT2D eigenvalue weighted by Gasteiger charge is -2.05. The third kappa shape index (κ3) is 1.99. The van der Waals surface area contributed by atoms with E-state index >= 15 is 0 Å². The van der Waals surface area contributed by atoms with E-state index in [2.05, 4.69) is 20.4 Å². The van der Waals surface area contributed by atoms with Crippen LogP contribution in [0.25, 0.3) is 0 Å². The normalized spacial score (nSPS) is 10.3. The Labute approximate surface area is 91.1 Å². The van der Waals surface area contributed by atoms with Crippen molar-refractivity contribution in [3.05, 3.63) is 23.9 Å². The third-order valence-corrected chi connectivity index (χ3v) is 2.10. The Kier molecular flexibility index (Phi) is 2.42. The van der Waals surface area contributed by atoms with Gasteiger partial charge in [-0.2, -0.15) is 5.10 Å². The SMILES string of the molecule is Cn1cc(Nc2ncnc(Cl)c2N)cn1. The van der Waals surface area contributed by atoms with Crippen LogP contribution in [0.4, 0.5) is 17.2 Å². The second-order valence-corrected chi connectivity index (χ2v) is 3.31. The lowest BCUT2D eigenvalue weighted by atomic mass is 10.4. The number of rotatable bonds is 2. The first-order valence-corrected chi connectivity index (χ1v) is 4.56. The summed E-state index contributed by atoms with van der Waals surface area (Å²) in [5, 5.41) is 7.22. The number of hydrogen-bond donors (Lipinski definition) is 2. The molecular formula is C8H9ClN6. The highest BCUT2D eigenvalue weighted by molar-refractivity contribution is 6.32. The Balaban J connectivity index is 2.28. The fourth-order valence-corrected chi connectivity index (χ4v) is 1.23. The highest BCUT2D eigenvalue weighted by Gasteiger charge is 2.06. The predicted octanol–water partition coefficient (Wildman–Crippen LogP) is 1.19. The second kappa shape index (κ2) is 3.74. The fraction of sp³-hybridized carbons (Fsp3) is 0.125. The Hall–Kier alpha value is -1.82. The maximum atomic E-state index is 5.75. The van der Waals surface area contributed by atoms with Crippen molar-refractivity contribution in [2.24, 2.45) is 7.05 Å². The first-order chi connectivity index (χ1) is 7.16. The quantitative estimate of drug-likeness (QED) is 0.749. The van der Waals surface area contributed by atoms with Gasteiger partial charge in [0.1, 0.15) is 12.0 Å². The first-order valence-electron chi connectivity index (χ1n) is 4.18. The molecule has 0 aliphatic carbocycles. The molecule has 15 heavy (non-hydrogen) atoms. The van der Waals surface area contributed by atoms with Gasteiger partial charge in [-0.3, -0.25) is 4.68 Å². The number of anilines is 3. The zero-order chi connectivity index (χ0) is 10.8. The minimum absolute atomic E-state index is 0.233. The van der Waals surface area contributed by atoms with Gasteiger partial charge >= 0.3 is 0 Å². The Morgan fingerprint density at radius 1 is 1.47 bits per heavy atom. The van der Waals surface area contributed by atoms with Crippen LogP contribution in [-0.4, -0.2) is 19.7 Å². The molecule has 0 saturated heterocycles. The van der Waals surface area contributed by atoms with Gasteiger partial charge < -0.3 is 11.1 Å². The van der Waals surface area contributed by atoms with Gasteiger partial charge in [0.05, 0.1) is 11.9 Å². The number of nitrogen functional groups attached to an aromatic ring is 1. The minimum atomic E-state index is 0.233. The van der Waals surface area contributed by atoms with Gasteiger partial charge in [0.15, 0.2) is 11.0 Å². The number of nitrogens with two attached hydrogens (primary N) is 1. The number of hydrogen-bond acceptors (Lipinski definition) is 5. The molecule has 0 atom stereocenters. The van der Waals surface area contributed by atoms with Crippen LogP contribution in [0.15, 0.2) is 18.7 Å². The van der Waals surface area contributed by atoms with Crippen molar-refractivity contribution in [1.82, 2.24) is 19.7 Å². The number of aryl methyl sites for hydroxylation is 1. The van der Waals surface area contributed by atoms with Crippen LogP contribution >= 0.6 is 11.6 Å². The zero-order valence-corrected chi connectivity index (χ0v) is 8.73. The van der Waals surface area contributed by atoms with Crippen molar-refractivity contribution in [2.45, 2.75) is 0 Å². The summed E-state index contributed by atoms with van der Waals surface area (Å²) in [4.78, 5) is 7.73. The van der Waals surface area contributed by atoms with E-state index in [1.165, 1.54) is 6.33 Å². The van der Waals surface area contributed by atoms with Crippen molar-refractivity contribution < 1.29 is 0 Å². The van der Waals surface area contributed by atoms with Crippen molar-refractivity contribution in [3.8, 4) is 0 Å². The van der Waals surface area contributed by atoms with Crippen LogP contribution in [0.3, 0.4) is 0 Å². The molecule has 0 amide bonds. The van der Waals surface area contributed by atoms with Crippen molar-refractivity contribution in [1.29, 1.82) is 0 Å². The van der Waals surface area contributed by atoms with Crippen molar-refractivity contribution in [3.63, 3.8) is 0 Å². The smallest absolute Gasteiger partial charge is 0.158 e. The van der Waals surface area contributed by atoms with E-state index in [0.29, 0.717) is 11.5 Å². The average Bonchev–Trinajstić information content (AvgIpc) is 2.59. The molecule has 0 saturated carbocycles. The summed E-state index contributed by atoms with van der Waals surface area (Å²) >= 11 is 5.75. The van der Waals surface area contributed by atoms with Crippen molar-refractivity contribution >= 4 is 28.8 Å². The van der Waals surface area contributed by atoms with Gasteiger partial charge in [-0.1, -0.05) is 11.6 Å². The molecule has 2 heterocycles. The maximum absolute atomic E-state index is 5.75. The molecule has 78 valence electrons. The molecule has 0 bridgehead atoms. The lowest BCUT2D eigenvalue weighted by Crippen LogP contribution is -2.00. The highest BCUT2D eigenvalue weighted by Crippen LogP contribution is 2.24. The van der Waals surface area contributed by atoms with Gasteiger partial charge in [0.2, 0.25) is 0 Å². The molecule has 2 aromatic heterocycles. The number of nitrogens with one attached hydrogen (secondary N) is 1. The summed E-state index contributed by atoms with van der Waals surface area (Å²) < 4.78 is 1.67. The van der Waals surface area contributed by atoms with Crippen LogP contribution in [0.5, 0.6) is 0 Å². The molecule has 0 fully saturated rings. The first kappa shape index (κ1) is 9.72. The molecule has 2 rings (SSSR count). The molecule has 0 unspecified atom stereocenters. The predicted molar refractivity (Wildman–Crippen MR) is 57.9 cm³/mol. The van der Waals surface area contributed by atoms with Crippen LogP contribution in [0.1, 0.15) is 0 Å². The molecule has 0 spiro atoms. The van der Waals surface area contributed by atoms with E-state index in [1.807, 2.05) is 7.05 Å². The van der Waals surface area contributed by atoms with Crippen LogP contribution in [0, 0.1) is 0 Å². The van der Waals surface area contributed by atoms with E-state index < -0.39 is 0 Å². The number of aromatic nitrogens is 4. The van der Waals surface area contributed by atoms with Gasteiger partial charge in [0.25, 0.3) is 0 Å². The lowest BCUT2D eigenvalue weighted by molar-refractivity contribution is 0.768. The summed E-state index contributed by atoms with van der Waals surface area (Å²) in [5.41, 5.74) is 6.80. The molecule has 3 N–H and O–H groups in total. The monoisotopic (exact) mass is 224 g/mol. The molecular weight excluding hydrogens is 216 g/mol. The van der Waals surface area contributed by atoms with Gasteiger partial charge in [0, 0.05) is 13.2 Å². The summed E-state index contributed by atoms with van der Waals surface area (Å²) in [6.07, 6.45) is 4.81. The molecule has 7 heteroatoms. The van der Waals surface area contributed by atoms with Crippen LogP contribution < -0.4 is 11.1 Å². The summed E-state index contributed by atoms with van der Waals surface area (Å²) in [7, 11) is 1.82. The molecule has 0 aromatic carbocycles. The maximum Gasteiger partial charge on any atom is 0.158 e. The zero-order valence-electron chi connectivity index (χ0n) is 7.98. The Bertz CT molecular complexity index is 480. The summed E-state index contributed by atoms with van der Waals surface area (Å²) in [6.45, 7) is 0. The second-order valence-electron chi connectivity index (χ2n) is 2.95. The van der Waals surface area contributed by atoms with Crippen LogP contribution in [-0.2, 0) is 7.05 Å². The number of halogens is 1. The van der Waals surface area contributed by atoms with E-state index in [1.54, 1.807) is 17.1 Å². The molecule has 2 aromatic rings. The molecule has 0 aliphatic heterocycles. The standard InChI is InChI=1S/C8H9ClN6/c1-15-3-5(2-13-15)14-8-6(10)7(9)11-4-12-8/h2-4H,10H2,1H3,(H,11,12,14). The van der Waals surface area contributed by atoms with Gasteiger partial charge in [-0.15, -0.1) is 0 Å². The third-order valence-electron chi connectivity index (χ3n) is 1.80. The van der Waals surface area contributed by atoms with Crippen molar-refractivity contribution in [2.75, 3.05) is 11.1 Å². The molecule has 6 nitrogen and oxygen atoms in total.